The summed E-state index contributed by atoms with van der Waals surface area (Å²) in [5, 5.41) is 20.3. The van der Waals surface area contributed by atoms with Gasteiger partial charge >= 0.3 is 0 Å². The average Bonchev–Trinajstić information content (AvgIpc) is 3.03. The van der Waals surface area contributed by atoms with Gasteiger partial charge in [-0.2, -0.15) is 0 Å². The molecule has 0 radical (unpaired) electrons. The van der Waals surface area contributed by atoms with Crippen LogP contribution in [0.15, 0.2) is 36.4 Å². The van der Waals surface area contributed by atoms with E-state index in [0.29, 0.717) is 38.5 Å². The average molecular weight is 611 g/mol. The fraction of sp³-hybridized carbons (Fsp3) is 0.529. The topological polar surface area (TPSA) is 157 Å². The summed E-state index contributed by atoms with van der Waals surface area (Å²) in [6, 6.07) is 9.85. The van der Waals surface area contributed by atoms with Crippen LogP contribution in [0.5, 0.6) is 11.5 Å². The van der Waals surface area contributed by atoms with Crippen LogP contribution in [-0.4, -0.2) is 33.8 Å². The molecule has 2 aromatic carbocycles. The number of carbonyl (C=O) groups is 4. The molecule has 0 fully saturated rings. The van der Waals surface area contributed by atoms with Crippen LogP contribution in [0.2, 0.25) is 0 Å². The molecule has 242 valence electrons. The zero-order valence-corrected chi connectivity index (χ0v) is 26.6. The lowest BCUT2D eigenvalue weighted by Gasteiger charge is -2.18. The lowest BCUT2D eigenvalue weighted by molar-refractivity contribution is -0.127. The first kappa shape index (κ1) is 36.1. The van der Waals surface area contributed by atoms with Crippen LogP contribution in [0.3, 0.4) is 0 Å². The maximum atomic E-state index is 12.7. The number of carbonyl (C=O) groups excluding carboxylic acids is 4. The molecule has 2 atom stereocenters. The number of rotatable bonds is 17. The van der Waals surface area contributed by atoms with Crippen molar-refractivity contribution >= 4 is 23.6 Å². The zero-order valence-electron chi connectivity index (χ0n) is 26.6. The Labute approximate surface area is 261 Å². The summed E-state index contributed by atoms with van der Waals surface area (Å²) < 4.78 is 0. The highest BCUT2D eigenvalue weighted by molar-refractivity contribution is 5.98. The second-order valence-corrected chi connectivity index (χ2v) is 11.3. The highest BCUT2D eigenvalue weighted by Gasteiger charge is 2.21. The van der Waals surface area contributed by atoms with Crippen molar-refractivity contribution in [2.75, 3.05) is 0 Å². The molecule has 0 saturated carbocycles. The monoisotopic (exact) mass is 610 g/mol. The van der Waals surface area contributed by atoms with Gasteiger partial charge in [0, 0.05) is 11.8 Å². The number of hydrazine groups is 2. The van der Waals surface area contributed by atoms with Crippen molar-refractivity contribution in [3.63, 3.8) is 0 Å². The van der Waals surface area contributed by atoms with Gasteiger partial charge in [0.15, 0.2) is 0 Å². The lowest BCUT2D eigenvalue weighted by Crippen LogP contribution is -2.44. The molecule has 4 amide bonds. The van der Waals surface area contributed by atoms with Crippen molar-refractivity contribution in [2.45, 2.75) is 105 Å². The Morgan fingerprint density at radius 1 is 0.591 bits per heavy atom. The first-order valence-corrected chi connectivity index (χ1v) is 16.0. The van der Waals surface area contributed by atoms with Crippen LogP contribution in [-0.2, 0) is 22.4 Å². The van der Waals surface area contributed by atoms with Gasteiger partial charge in [0.1, 0.15) is 11.5 Å². The minimum atomic E-state index is -0.577. The van der Waals surface area contributed by atoms with Crippen LogP contribution < -0.4 is 21.7 Å². The van der Waals surface area contributed by atoms with Crippen LogP contribution >= 0.6 is 0 Å². The van der Waals surface area contributed by atoms with Gasteiger partial charge in [-0.15, -0.1) is 0 Å². The molecule has 0 bridgehead atoms. The highest BCUT2D eigenvalue weighted by atomic mass is 16.3. The van der Waals surface area contributed by atoms with E-state index in [2.05, 4.69) is 35.6 Å². The number of phenolic OH excluding ortho intramolecular Hbond substituents is 2. The van der Waals surface area contributed by atoms with E-state index in [9.17, 15) is 29.4 Å². The lowest BCUT2D eigenvalue weighted by atomic mass is 9.94. The number of unbranched alkanes of at least 4 members (excludes halogenated alkanes) is 3. The molecule has 10 heteroatoms. The van der Waals surface area contributed by atoms with Gasteiger partial charge in [-0.3, -0.25) is 40.9 Å². The van der Waals surface area contributed by atoms with Crippen molar-refractivity contribution in [1.82, 2.24) is 21.7 Å². The molecule has 10 nitrogen and oxygen atoms in total. The molecular weight excluding hydrogens is 560 g/mol. The molecule has 0 heterocycles. The normalized spacial score (nSPS) is 12.2. The number of aryl methyl sites for hydroxylation is 2. The summed E-state index contributed by atoms with van der Waals surface area (Å²) in [4.78, 5) is 50.7. The number of nitrogens with one attached hydrogen (secondary N) is 4. The Hall–Kier alpha value is -4.08. The molecule has 6 N–H and O–H groups in total. The molecule has 2 aromatic rings. The number of phenols is 2. The van der Waals surface area contributed by atoms with E-state index in [-0.39, 0.29) is 46.3 Å². The summed E-state index contributed by atoms with van der Waals surface area (Å²) in [5.41, 5.74) is 11.9. The van der Waals surface area contributed by atoms with Gasteiger partial charge in [-0.05, 0) is 86.8 Å². The van der Waals surface area contributed by atoms with E-state index in [4.69, 9.17) is 0 Å². The number of amides is 4. The summed E-state index contributed by atoms with van der Waals surface area (Å²) >= 11 is 0. The number of aromatic hydroxyl groups is 2. The Bertz CT molecular complexity index is 1150. The quantitative estimate of drug-likeness (QED) is 0.101. The number of hydrogen-bond donors (Lipinski definition) is 6. The number of hydrogen-bond acceptors (Lipinski definition) is 6. The van der Waals surface area contributed by atoms with E-state index >= 15 is 0 Å². The van der Waals surface area contributed by atoms with Crippen molar-refractivity contribution in [1.29, 1.82) is 0 Å². The third-order valence-corrected chi connectivity index (χ3v) is 7.93. The summed E-state index contributed by atoms with van der Waals surface area (Å²) in [6.07, 6.45) is 9.31. The third kappa shape index (κ3) is 11.5. The Balaban J connectivity index is 1.79. The van der Waals surface area contributed by atoms with E-state index in [1.165, 1.54) is 12.1 Å². The predicted octanol–water partition coefficient (Wildman–Crippen LogP) is 5.62. The van der Waals surface area contributed by atoms with Crippen LogP contribution in [0.4, 0.5) is 0 Å². The summed E-state index contributed by atoms with van der Waals surface area (Å²) in [6.45, 7) is 7.96. The summed E-state index contributed by atoms with van der Waals surface area (Å²) in [5.74, 6) is -2.71. The molecule has 0 spiro atoms. The van der Waals surface area contributed by atoms with Gasteiger partial charge < -0.3 is 10.2 Å². The zero-order chi connectivity index (χ0) is 32.5. The van der Waals surface area contributed by atoms with Gasteiger partial charge in [0.05, 0.1) is 11.1 Å². The predicted molar refractivity (Wildman–Crippen MR) is 171 cm³/mol. The smallest absolute Gasteiger partial charge is 0.273 e. The van der Waals surface area contributed by atoms with E-state index in [0.717, 1.165) is 49.7 Å². The number of benzene rings is 2. The second kappa shape index (κ2) is 19.2. The first-order valence-electron chi connectivity index (χ1n) is 16.0. The third-order valence-electron chi connectivity index (χ3n) is 7.93. The van der Waals surface area contributed by atoms with Gasteiger partial charge in [-0.25, -0.2) is 0 Å². The van der Waals surface area contributed by atoms with E-state index in [1.807, 2.05) is 13.8 Å². The Kier molecular flexibility index (Phi) is 15.8. The standard InChI is InChI=1S/C34H50N4O6/c1-5-9-13-23-17-19-29(39)27(21-23)33(43)37-35-31(41)25(7-3)15-11-12-16-26(8-4)32(42)36-38-34(44)28-22-24(14-10-6-2)18-20-30(28)40/h17-22,25-26,39-40H,5-16H2,1-4H3,(H,35,41)(H,36,42)(H,37,43)(H,38,44). The Morgan fingerprint density at radius 3 is 1.32 bits per heavy atom. The van der Waals surface area contributed by atoms with Crippen molar-refractivity contribution in [2.24, 2.45) is 11.8 Å². The highest BCUT2D eigenvalue weighted by Crippen LogP contribution is 2.22. The SMILES string of the molecule is CCCCc1ccc(O)c(C(=O)NNC(=O)C(CC)CCCCC(CC)C(=O)NNC(=O)c2cc(CCCC)ccc2O)c1. The van der Waals surface area contributed by atoms with Crippen molar-refractivity contribution < 1.29 is 29.4 Å². The van der Waals surface area contributed by atoms with E-state index < -0.39 is 11.8 Å². The summed E-state index contributed by atoms with van der Waals surface area (Å²) in [7, 11) is 0. The van der Waals surface area contributed by atoms with Gasteiger partial charge in [-0.1, -0.05) is 65.5 Å². The molecule has 0 aliphatic rings. The molecule has 2 unspecified atom stereocenters. The molecular formula is C34H50N4O6. The minimum absolute atomic E-state index is 0.115. The van der Waals surface area contributed by atoms with Gasteiger partial charge in [0.2, 0.25) is 11.8 Å². The fourth-order valence-electron chi connectivity index (χ4n) is 5.00. The van der Waals surface area contributed by atoms with Crippen molar-refractivity contribution in [3.05, 3.63) is 58.7 Å². The van der Waals surface area contributed by atoms with Crippen LogP contribution in [0.25, 0.3) is 0 Å². The maximum absolute atomic E-state index is 12.7. The minimum Gasteiger partial charge on any atom is -0.507 e. The second-order valence-electron chi connectivity index (χ2n) is 11.3. The molecule has 2 rings (SSSR count). The van der Waals surface area contributed by atoms with E-state index in [1.54, 1.807) is 24.3 Å². The van der Waals surface area contributed by atoms with Gasteiger partial charge in [0.25, 0.3) is 11.8 Å². The molecule has 44 heavy (non-hydrogen) atoms. The van der Waals surface area contributed by atoms with Crippen molar-refractivity contribution in [3.8, 4) is 11.5 Å². The maximum Gasteiger partial charge on any atom is 0.273 e. The molecule has 0 aliphatic heterocycles. The fourth-order valence-corrected chi connectivity index (χ4v) is 5.00. The first-order chi connectivity index (χ1) is 21.1. The molecule has 0 aliphatic carbocycles. The van der Waals surface area contributed by atoms with Crippen LogP contribution in [0, 0.1) is 11.8 Å². The largest absolute Gasteiger partial charge is 0.507 e. The molecule has 0 aromatic heterocycles. The Morgan fingerprint density at radius 2 is 0.977 bits per heavy atom. The molecule has 0 saturated heterocycles. The van der Waals surface area contributed by atoms with Crippen LogP contribution in [0.1, 0.15) is 124 Å².